The van der Waals surface area contributed by atoms with Gasteiger partial charge in [-0.25, -0.2) is 0 Å². The summed E-state index contributed by atoms with van der Waals surface area (Å²) < 4.78 is 6.58. The molecule has 2 amide bonds. The lowest BCUT2D eigenvalue weighted by Gasteiger charge is -2.31. The molecule has 0 radical (unpaired) electrons. The van der Waals surface area contributed by atoms with Gasteiger partial charge in [-0.2, -0.15) is 0 Å². The highest BCUT2D eigenvalue weighted by Gasteiger charge is 2.29. The van der Waals surface area contributed by atoms with Crippen LogP contribution in [0.1, 0.15) is 38.7 Å². The zero-order chi connectivity index (χ0) is 22.8. The average molecular weight is 530 g/mol. The predicted molar refractivity (Wildman–Crippen MR) is 129 cm³/mol. The van der Waals surface area contributed by atoms with Gasteiger partial charge in [-0.3, -0.25) is 9.59 Å². The quantitative estimate of drug-likeness (QED) is 0.371. The topological polar surface area (TPSA) is 58.6 Å². The Balaban J connectivity index is 2.20. The second kappa shape index (κ2) is 12.9. The van der Waals surface area contributed by atoms with Gasteiger partial charge < -0.3 is 15.0 Å². The molecule has 0 fully saturated rings. The Morgan fingerprint density at radius 1 is 1.13 bits per heavy atom. The molecule has 0 heterocycles. The third-order valence-corrected chi connectivity index (χ3v) is 5.86. The van der Waals surface area contributed by atoms with Crippen molar-refractivity contribution >= 4 is 50.9 Å². The third-order valence-electron chi connectivity index (χ3n) is 4.75. The van der Waals surface area contributed by atoms with Crippen molar-refractivity contribution in [3.8, 4) is 5.75 Å². The number of hydrogen-bond acceptors (Lipinski definition) is 3. The highest BCUT2D eigenvalue weighted by molar-refractivity contribution is 9.10. The van der Waals surface area contributed by atoms with Crippen LogP contribution in [0.15, 0.2) is 46.9 Å². The molecule has 0 aliphatic rings. The van der Waals surface area contributed by atoms with Crippen LogP contribution in [0.3, 0.4) is 0 Å². The van der Waals surface area contributed by atoms with Crippen molar-refractivity contribution < 1.29 is 14.3 Å². The number of nitrogens with one attached hydrogen (secondary N) is 1. The molecule has 0 saturated carbocycles. The van der Waals surface area contributed by atoms with Crippen LogP contribution in [-0.2, 0) is 16.1 Å². The Bertz CT molecular complexity index is 878. The van der Waals surface area contributed by atoms with Crippen molar-refractivity contribution in [1.82, 2.24) is 10.2 Å². The Labute approximate surface area is 202 Å². The van der Waals surface area contributed by atoms with E-state index >= 15 is 0 Å². The van der Waals surface area contributed by atoms with Crippen LogP contribution >= 0.6 is 39.1 Å². The van der Waals surface area contributed by atoms with E-state index in [0.717, 1.165) is 17.3 Å². The Hall–Kier alpha value is -1.76. The van der Waals surface area contributed by atoms with Gasteiger partial charge in [0.1, 0.15) is 11.8 Å². The van der Waals surface area contributed by atoms with Crippen LogP contribution < -0.4 is 10.1 Å². The van der Waals surface area contributed by atoms with E-state index in [9.17, 15) is 9.59 Å². The number of amides is 2. The van der Waals surface area contributed by atoms with Crippen LogP contribution in [-0.4, -0.2) is 35.9 Å². The summed E-state index contributed by atoms with van der Waals surface area (Å²) in [6.45, 7) is 4.50. The van der Waals surface area contributed by atoms with Crippen LogP contribution in [0.2, 0.25) is 10.0 Å². The largest absolute Gasteiger partial charge is 0.484 e. The zero-order valence-electron chi connectivity index (χ0n) is 17.7. The molecule has 5 nitrogen and oxygen atoms in total. The summed E-state index contributed by atoms with van der Waals surface area (Å²) in [7, 11) is 0. The Kier molecular flexibility index (Phi) is 10.6. The van der Waals surface area contributed by atoms with Gasteiger partial charge in [-0.1, -0.05) is 65.5 Å². The summed E-state index contributed by atoms with van der Waals surface area (Å²) in [5.74, 6) is 0.0888. The second-order valence-electron chi connectivity index (χ2n) is 7.07. The highest BCUT2D eigenvalue weighted by atomic mass is 79.9. The summed E-state index contributed by atoms with van der Waals surface area (Å²) in [4.78, 5) is 27.5. The van der Waals surface area contributed by atoms with E-state index in [1.165, 1.54) is 4.90 Å². The van der Waals surface area contributed by atoms with Crippen molar-refractivity contribution in [2.45, 2.75) is 45.7 Å². The number of nitrogens with zero attached hydrogens (tertiary/aromatic N) is 1. The number of unbranched alkanes of at least 4 members (excludes halogenated alkanes) is 1. The fraction of sp³-hybridized carbons (Fsp3) is 0.391. The van der Waals surface area contributed by atoms with Gasteiger partial charge in [0.25, 0.3) is 5.91 Å². The fourth-order valence-electron chi connectivity index (χ4n) is 3.02. The smallest absolute Gasteiger partial charge is 0.261 e. The zero-order valence-corrected chi connectivity index (χ0v) is 20.8. The van der Waals surface area contributed by atoms with Gasteiger partial charge in [-0.15, -0.1) is 0 Å². The maximum atomic E-state index is 13.1. The molecule has 0 saturated heterocycles. The number of hydrogen-bond donors (Lipinski definition) is 1. The van der Waals surface area contributed by atoms with Gasteiger partial charge in [0, 0.05) is 27.6 Å². The van der Waals surface area contributed by atoms with E-state index in [2.05, 4.69) is 28.2 Å². The maximum absolute atomic E-state index is 13.1. The lowest BCUT2D eigenvalue weighted by Crippen LogP contribution is -2.50. The van der Waals surface area contributed by atoms with Crippen LogP contribution in [0.5, 0.6) is 5.75 Å². The van der Waals surface area contributed by atoms with Gasteiger partial charge >= 0.3 is 0 Å². The van der Waals surface area contributed by atoms with Gasteiger partial charge in [0.15, 0.2) is 6.61 Å². The minimum absolute atomic E-state index is 0.179. The van der Waals surface area contributed by atoms with Crippen molar-refractivity contribution in [2.75, 3.05) is 13.2 Å². The standard InChI is InChI=1S/C23H27BrCl2N2O3/c1-3-5-12-27-23(30)21(4-2)28(14-16-6-9-18(25)13-20(16)26)22(29)15-31-19-10-7-17(24)8-11-19/h6-11,13,21H,3-5,12,14-15H2,1-2H3,(H,27,30). The van der Waals surface area contributed by atoms with E-state index in [4.69, 9.17) is 27.9 Å². The number of halogens is 3. The molecule has 0 aliphatic carbocycles. The highest BCUT2D eigenvalue weighted by Crippen LogP contribution is 2.24. The lowest BCUT2D eigenvalue weighted by atomic mass is 10.1. The molecule has 31 heavy (non-hydrogen) atoms. The summed E-state index contributed by atoms with van der Waals surface area (Å²) in [6.07, 6.45) is 2.32. The van der Waals surface area contributed by atoms with Crippen LogP contribution in [0.4, 0.5) is 0 Å². The summed E-state index contributed by atoms with van der Waals surface area (Å²) in [6, 6.07) is 11.7. The van der Waals surface area contributed by atoms with E-state index in [0.29, 0.717) is 34.3 Å². The second-order valence-corrected chi connectivity index (χ2v) is 8.83. The van der Waals surface area contributed by atoms with Crippen molar-refractivity contribution in [3.63, 3.8) is 0 Å². The normalized spacial score (nSPS) is 11.6. The van der Waals surface area contributed by atoms with Crippen LogP contribution in [0.25, 0.3) is 0 Å². The van der Waals surface area contributed by atoms with E-state index in [-0.39, 0.29) is 25.0 Å². The van der Waals surface area contributed by atoms with Crippen LogP contribution in [0, 0.1) is 0 Å². The third kappa shape index (κ3) is 8.02. The summed E-state index contributed by atoms with van der Waals surface area (Å²) in [5, 5.41) is 3.88. The van der Waals surface area contributed by atoms with Gasteiger partial charge in [0.05, 0.1) is 0 Å². The number of carbonyl (C=O) groups is 2. The number of rotatable bonds is 11. The first-order valence-electron chi connectivity index (χ1n) is 10.2. The Morgan fingerprint density at radius 2 is 1.84 bits per heavy atom. The SMILES string of the molecule is CCCCNC(=O)C(CC)N(Cc1ccc(Cl)cc1Cl)C(=O)COc1ccc(Br)cc1. The number of carbonyl (C=O) groups excluding carboxylic acids is 2. The van der Waals surface area contributed by atoms with Gasteiger partial charge in [-0.05, 0) is 54.8 Å². The predicted octanol–water partition coefficient (Wildman–Crippen LogP) is 5.86. The van der Waals surface area contributed by atoms with E-state index in [1.54, 1.807) is 30.3 Å². The molecule has 2 rings (SSSR count). The molecule has 2 aromatic carbocycles. The average Bonchev–Trinajstić information content (AvgIpc) is 2.74. The first-order valence-corrected chi connectivity index (χ1v) is 11.8. The molecule has 0 spiro atoms. The molecular weight excluding hydrogens is 503 g/mol. The number of benzene rings is 2. The maximum Gasteiger partial charge on any atom is 0.261 e. The first kappa shape index (κ1) is 25.5. The minimum atomic E-state index is -0.635. The van der Waals surface area contributed by atoms with E-state index < -0.39 is 6.04 Å². The monoisotopic (exact) mass is 528 g/mol. The molecular formula is C23H27BrCl2N2O3. The van der Waals surface area contributed by atoms with Crippen molar-refractivity contribution in [1.29, 1.82) is 0 Å². The molecule has 1 unspecified atom stereocenters. The Morgan fingerprint density at radius 3 is 2.45 bits per heavy atom. The minimum Gasteiger partial charge on any atom is -0.484 e. The van der Waals surface area contributed by atoms with Gasteiger partial charge in [0.2, 0.25) is 5.91 Å². The summed E-state index contributed by atoms with van der Waals surface area (Å²) >= 11 is 15.7. The molecule has 0 bridgehead atoms. The van der Waals surface area contributed by atoms with Crippen molar-refractivity contribution in [3.05, 3.63) is 62.5 Å². The molecule has 2 aromatic rings. The lowest BCUT2D eigenvalue weighted by molar-refractivity contribution is -0.143. The van der Waals surface area contributed by atoms with Crippen molar-refractivity contribution in [2.24, 2.45) is 0 Å². The summed E-state index contributed by atoms with van der Waals surface area (Å²) in [5.41, 5.74) is 0.711. The first-order chi connectivity index (χ1) is 14.8. The molecule has 1 N–H and O–H groups in total. The molecule has 168 valence electrons. The molecule has 0 aliphatic heterocycles. The fourth-order valence-corrected chi connectivity index (χ4v) is 3.75. The molecule has 8 heteroatoms. The van der Waals surface area contributed by atoms with E-state index in [1.807, 2.05) is 19.1 Å². The number of ether oxygens (including phenoxy) is 1. The molecule has 1 atom stereocenters. The molecule has 0 aromatic heterocycles.